The van der Waals surface area contributed by atoms with Crippen LogP contribution in [0.1, 0.15) is 30.9 Å². The monoisotopic (exact) mass is 388 g/mol. The molecule has 0 saturated carbocycles. The van der Waals surface area contributed by atoms with Crippen LogP contribution in [0.15, 0.2) is 23.2 Å². The van der Waals surface area contributed by atoms with Crippen molar-refractivity contribution < 1.29 is 4.79 Å². The molecule has 2 rings (SSSR count). The number of guanidine groups is 1. The van der Waals surface area contributed by atoms with E-state index in [-0.39, 0.29) is 5.91 Å². The largest absolute Gasteiger partial charge is 0.378 e. The third-order valence-electron chi connectivity index (χ3n) is 5.17. The van der Waals surface area contributed by atoms with Gasteiger partial charge in [0.05, 0.1) is 13.1 Å². The number of carbonyl (C=O) groups excluding carboxylic acids is 1. The van der Waals surface area contributed by atoms with Gasteiger partial charge >= 0.3 is 0 Å². The number of aliphatic imine (C=N–C) groups is 1. The number of aryl methyl sites for hydroxylation is 1. The van der Waals surface area contributed by atoms with E-state index >= 15 is 0 Å². The van der Waals surface area contributed by atoms with Gasteiger partial charge in [0.15, 0.2) is 5.96 Å². The standard InChI is InChI=1S/C21H36N6O/c1-6-23-21(24-14-17-7-8-19(26(4)5)13-16(17)2)25-18-9-11-27(12-10-18)15-20(28)22-3/h7-8,13,18H,6,9-12,14-15H2,1-5H3,(H,22,28)(H2,23,24,25). The molecule has 1 heterocycles. The normalized spacial score (nSPS) is 16.0. The minimum atomic E-state index is 0.0805. The van der Waals surface area contributed by atoms with E-state index < -0.39 is 0 Å². The molecule has 1 aliphatic rings. The Balaban J connectivity index is 1.92. The number of benzene rings is 1. The Kier molecular flexibility index (Phi) is 8.57. The number of hydrogen-bond acceptors (Lipinski definition) is 4. The Hall–Kier alpha value is -2.28. The van der Waals surface area contributed by atoms with Crippen LogP contribution in [-0.2, 0) is 11.3 Å². The van der Waals surface area contributed by atoms with Gasteiger partial charge in [0.1, 0.15) is 0 Å². The SMILES string of the molecule is CCNC(=NCc1ccc(N(C)C)cc1C)NC1CCN(CC(=O)NC)CC1. The summed E-state index contributed by atoms with van der Waals surface area (Å²) in [7, 11) is 5.80. The van der Waals surface area contributed by atoms with Crippen LogP contribution in [0.5, 0.6) is 0 Å². The van der Waals surface area contributed by atoms with E-state index in [1.54, 1.807) is 7.05 Å². The molecule has 1 fully saturated rings. The summed E-state index contributed by atoms with van der Waals surface area (Å²) in [6, 6.07) is 6.89. The molecule has 1 aliphatic heterocycles. The van der Waals surface area contributed by atoms with E-state index in [1.165, 1.54) is 16.8 Å². The second kappa shape index (κ2) is 10.9. The number of carbonyl (C=O) groups is 1. The number of likely N-dealkylation sites (N-methyl/N-ethyl adjacent to an activating group) is 1. The molecule has 0 bridgehead atoms. The summed E-state index contributed by atoms with van der Waals surface area (Å²) in [6.07, 6.45) is 2.02. The second-order valence-corrected chi connectivity index (χ2v) is 7.57. The molecule has 0 unspecified atom stereocenters. The van der Waals surface area contributed by atoms with Crippen LogP contribution in [-0.4, -0.2) is 70.1 Å². The van der Waals surface area contributed by atoms with Gasteiger partial charge in [-0.1, -0.05) is 6.07 Å². The van der Waals surface area contributed by atoms with E-state index in [2.05, 4.69) is 71.9 Å². The molecular weight excluding hydrogens is 352 g/mol. The molecular formula is C21H36N6O. The quantitative estimate of drug-likeness (QED) is 0.486. The van der Waals surface area contributed by atoms with Crippen molar-refractivity contribution >= 4 is 17.6 Å². The summed E-state index contributed by atoms with van der Waals surface area (Å²) in [5.41, 5.74) is 3.70. The van der Waals surface area contributed by atoms with Crippen LogP contribution in [0, 0.1) is 6.92 Å². The lowest BCUT2D eigenvalue weighted by Gasteiger charge is -2.32. The van der Waals surface area contributed by atoms with E-state index in [0.29, 0.717) is 19.1 Å². The Labute approximate surface area is 169 Å². The van der Waals surface area contributed by atoms with Crippen LogP contribution in [0.4, 0.5) is 5.69 Å². The molecule has 1 aromatic rings. The summed E-state index contributed by atoms with van der Waals surface area (Å²) in [6.45, 7) is 8.05. The first-order valence-corrected chi connectivity index (χ1v) is 10.2. The van der Waals surface area contributed by atoms with Crippen molar-refractivity contribution in [2.45, 2.75) is 39.3 Å². The molecule has 3 N–H and O–H groups in total. The third kappa shape index (κ3) is 6.71. The van der Waals surface area contributed by atoms with Crippen molar-refractivity contribution in [3.8, 4) is 0 Å². The average molecular weight is 389 g/mol. The number of hydrogen-bond donors (Lipinski definition) is 3. The molecule has 28 heavy (non-hydrogen) atoms. The van der Waals surface area contributed by atoms with Crippen LogP contribution >= 0.6 is 0 Å². The van der Waals surface area contributed by atoms with Crippen molar-refractivity contribution in [3.05, 3.63) is 29.3 Å². The van der Waals surface area contributed by atoms with E-state index in [0.717, 1.165) is 38.4 Å². The lowest BCUT2D eigenvalue weighted by atomic mass is 10.1. The maximum Gasteiger partial charge on any atom is 0.233 e. The van der Waals surface area contributed by atoms with E-state index in [4.69, 9.17) is 4.99 Å². The molecule has 0 aromatic heterocycles. The van der Waals surface area contributed by atoms with Crippen molar-refractivity contribution in [2.75, 3.05) is 52.2 Å². The molecule has 0 aliphatic carbocycles. The highest BCUT2D eigenvalue weighted by Crippen LogP contribution is 2.18. The Morgan fingerprint density at radius 2 is 2.00 bits per heavy atom. The van der Waals surface area contributed by atoms with Gasteiger partial charge in [-0.15, -0.1) is 0 Å². The lowest BCUT2D eigenvalue weighted by molar-refractivity contribution is -0.122. The third-order valence-corrected chi connectivity index (χ3v) is 5.17. The highest BCUT2D eigenvalue weighted by molar-refractivity contribution is 5.80. The van der Waals surface area contributed by atoms with Gasteiger partial charge in [-0.05, 0) is 49.9 Å². The van der Waals surface area contributed by atoms with Crippen molar-refractivity contribution in [3.63, 3.8) is 0 Å². The van der Waals surface area contributed by atoms with Crippen molar-refractivity contribution in [2.24, 2.45) is 4.99 Å². The number of anilines is 1. The molecule has 1 amide bonds. The Bertz CT molecular complexity index is 665. The van der Waals surface area contributed by atoms with Gasteiger partial charge in [0.2, 0.25) is 5.91 Å². The summed E-state index contributed by atoms with van der Waals surface area (Å²) in [5, 5.41) is 9.61. The van der Waals surface area contributed by atoms with Gasteiger partial charge in [-0.3, -0.25) is 9.69 Å². The summed E-state index contributed by atoms with van der Waals surface area (Å²) >= 11 is 0. The molecule has 0 radical (unpaired) electrons. The number of nitrogens with one attached hydrogen (secondary N) is 3. The van der Waals surface area contributed by atoms with E-state index in [9.17, 15) is 4.79 Å². The molecule has 1 aromatic carbocycles. The van der Waals surface area contributed by atoms with Crippen molar-refractivity contribution in [1.29, 1.82) is 0 Å². The second-order valence-electron chi connectivity index (χ2n) is 7.57. The fourth-order valence-electron chi connectivity index (χ4n) is 3.33. The van der Waals surface area contributed by atoms with Crippen LogP contribution < -0.4 is 20.9 Å². The highest BCUT2D eigenvalue weighted by Gasteiger charge is 2.21. The minimum absolute atomic E-state index is 0.0805. The first kappa shape index (κ1) is 22.0. The molecule has 156 valence electrons. The number of rotatable bonds is 7. The first-order valence-electron chi connectivity index (χ1n) is 10.2. The summed E-state index contributed by atoms with van der Waals surface area (Å²) in [4.78, 5) is 20.6. The van der Waals surface area contributed by atoms with Crippen LogP contribution in [0.3, 0.4) is 0 Å². The van der Waals surface area contributed by atoms with Gasteiger partial charge in [-0.25, -0.2) is 4.99 Å². The smallest absolute Gasteiger partial charge is 0.233 e. The van der Waals surface area contributed by atoms with Crippen LogP contribution in [0.25, 0.3) is 0 Å². The number of piperidine rings is 1. The lowest BCUT2D eigenvalue weighted by Crippen LogP contribution is -2.50. The summed E-state index contributed by atoms with van der Waals surface area (Å²) in [5.74, 6) is 0.945. The van der Waals surface area contributed by atoms with Crippen molar-refractivity contribution in [1.82, 2.24) is 20.9 Å². The van der Waals surface area contributed by atoms with Gasteiger partial charge < -0.3 is 20.9 Å². The molecule has 1 saturated heterocycles. The fraction of sp³-hybridized carbons (Fsp3) is 0.619. The number of amides is 1. The fourth-order valence-corrected chi connectivity index (χ4v) is 3.33. The zero-order valence-electron chi connectivity index (χ0n) is 18.0. The predicted octanol–water partition coefficient (Wildman–Crippen LogP) is 1.33. The zero-order valence-corrected chi connectivity index (χ0v) is 18.0. The molecule has 0 atom stereocenters. The number of nitrogens with zero attached hydrogens (tertiary/aromatic N) is 3. The number of likely N-dealkylation sites (tertiary alicyclic amines) is 1. The zero-order chi connectivity index (χ0) is 20.5. The molecule has 0 spiro atoms. The van der Waals surface area contributed by atoms with Crippen LogP contribution in [0.2, 0.25) is 0 Å². The molecule has 7 heteroatoms. The maximum atomic E-state index is 11.5. The first-order chi connectivity index (χ1) is 13.4. The Morgan fingerprint density at radius 3 is 2.57 bits per heavy atom. The Morgan fingerprint density at radius 1 is 1.29 bits per heavy atom. The average Bonchev–Trinajstić information content (AvgIpc) is 2.68. The summed E-state index contributed by atoms with van der Waals surface area (Å²) < 4.78 is 0. The van der Waals surface area contributed by atoms with Gasteiger partial charge in [0, 0.05) is 52.5 Å². The maximum absolute atomic E-state index is 11.5. The predicted molar refractivity (Wildman–Crippen MR) is 117 cm³/mol. The van der Waals surface area contributed by atoms with Gasteiger partial charge in [-0.2, -0.15) is 0 Å². The van der Waals surface area contributed by atoms with Gasteiger partial charge in [0.25, 0.3) is 0 Å². The minimum Gasteiger partial charge on any atom is -0.378 e. The highest BCUT2D eigenvalue weighted by atomic mass is 16.1. The molecule has 7 nitrogen and oxygen atoms in total. The van der Waals surface area contributed by atoms with E-state index in [1.807, 2.05) is 0 Å². The topological polar surface area (TPSA) is 72.0 Å².